The summed E-state index contributed by atoms with van der Waals surface area (Å²) in [6.45, 7) is 1.98. The lowest BCUT2D eigenvalue weighted by atomic mass is 10.2. The van der Waals surface area contributed by atoms with Gasteiger partial charge in [-0.3, -0.25) is 4.98 Å². The first-order valence-electron chi connectivity index (χ1n) is 5.31. The second-order valence-electron chi connectivity index (χ2n) is 3.93. The van der Waals surface area contributed by atoms with Gasteiger partial charge in [0.1, 0.15) is 5.01 Å². The molecular weight excluding hydrogens is 230 g/mol. The molecule has 0 saturated carbocycles. The molecule has 3 rings (SSSR count). The molecule has 0 saturated heterocycles. The monoisotopic (exact) mass is 241 g/mol. The predicted octanol–water partition coefficient (Wildman–Crippen LogP) is 3.25. The van der Waals surface area contributed by atoms with E-state index >= 15 is 0 Å². The molecule has 0 aliphatic carbocycles. The smallest absolute Gasteiger partial charge is 0.124 e. The molecule has 0 amide bonds. The third-order valence-electron chi connectivity index (χ3n) is 2.56. The zero-order chi connectivity index (χ0) is 11.8. The number of thiazole rings is 1. The van der Waals surface area contributed by atoms with E-state index in [1.807, 2.05) is 43.5 Å². The van der Waals surface area contributed by atoms with Crippen molar-refractivity contribution in [3.63, 3.8) is 0 Å². The molecular formula is C13H11N3S. The molecule has 17 heavy (non-hydrogen) atoms. The van der Waals surface area contributed by atoms with Gasteiger partial charge in [0.05, 0.1) is 10.2 Å². The molecule has 0 atom stereocenters. The van der Waals surface area contributed by atoms with Crippen molar-refractivity contribution in [1.29, 1.82) is 0 Å². The van der Waals surface area contributed by atoms with Crippen molar-refractivity contribution in [3.8, 4) is 10.6 Å². The number of hydrogen-bond acceptors (Lipinski definition) is 4. The summed E-state index contributed by atoms with van der Waals surface area (Å²) < 4.78 is 1.12. The van der Waals surface area contributed by atoms with Crippen molar-refractivity contribution in [3.05, 3.63) is 42.2 Å². The topological polar surface area (TPSA) is 51.8 Å². The molecule has 0 spiro atoms. The van der Waals surface area contributed by atoms with Crippen molar-refractivity contribution in [2.45, 2.75) is 6.92 Å². The minimum Gasteiger partial charge on any atom is -0.399 e. The van der Waals surface area contributed by atoms with Crippen molar-refractivity contribution in [2.24, 2.45) is 0 Å². The standard InChI is InChI=1S/C13H11N3S/c1-8-6-9(4-5-15-8)13-16-11-3-2-10(14)7-12(11)17-13/h2-7H,14H2,1H3. The van der Waals surface area contributed by atoms with Gasteiger partial charge in [0, 0.05) is 23.1 Å². The molecule has 0 unspecified atom stereocenters. The second-order valence-corrected chi connectivity index (χ2v) is 4.96. The summed E-state index contributed by atoms with van der Waals surface area (Å²) >= 11 is 1.65. The zero-order valence-electron chi connectivity index (χ0n) is 9.34. The Hall–Kier alpha value is -1.94. The molecule has 0 radical (unpaired) electrons. The maximum absolute atomic E-state index is 5.76. The fraction of sp³-hybridized carbons (Fsp3) is 0.0769. The number of aryl methyl sites for hydroxylation is 1. The summed E-state index contributed by atoms with van der Waals surface area (Å²) in [6.07, 6.45) is 1.81. The molecule has 3 nitrogen and oxygen atoms in total. The Kier molecular flexibility index (Phi) is 2.30. The molecule has 0 aliphatic heterocycles. The maximum atomic E-state index is 5.76. The van der Waals surface area contributed by atoms with Crippen LogP contribution in [-0.4, -0.2) is 9.97 Å². The van der Waals surface area contributed by atoms with E-state index in [-0.39, 0.29) is 0 Å². The van der Waals surface area contributed by atoms with Crippen LogP contribution < -0.4 is 5.73 Å². The molecule has 2 heterocycles. The quantitative estimate of drug-likeness (QED) is 0.665. The fourth-order valence-electron chi connectivity index (χ4n) is 1.74. The van der Waals surface area contributed by atoms with Crippen molar-refractivity contribution >= 4 is 27.2 Å². The highest BCUT2D eigenvalue weighted by atomic mass is 32.1. The van der Waals surface area contributed by atoms with E-state index in [1.165, 1.54) is 0 Å². The van der Waals surface area contributed by atoms with E-state index in [0.717, 1.165) is 32.2 Å². The largest absolute Gasteiger partial charge is 0.399 e. The van der Waals surface area contributed by atoms with Crippen LogP contribution in [0.25, 0.3) is 20.8 Å². The molecule has 84 valence electrons. The maximum Gasteiger partial charge on any atom is 0.124 e. The minimum absolute atomic E-state index is 0.776. The highest BCUT2D eigenvalue weighted by Gasteiger charge is 2.06. The average Bonchev–Trinajstić information content (AvgIpc) is 2.72. The van der Waals surface area contributed by atoms with Crippen LogP contribution in [0, 0.1) is 6.92 Å². The third kappa shape index (κ3) is 1.87. The van der Waals surface area contributed by atoms with Crippen molar-refractivity contribution < 1.29 is 0 Å². The number of hydrogen-bond donors (Lipinski definition) is 1. The number of nitrogens with two attached hydrogens (primary N) is 1. The van der Waals surface area contributed by atoms with E-state index < -0.39 is 0 Å². The Labute approximate surface area is 103 Å². The molecule has 2 N–H and O–H groups in total. The average molecular weight is 241 g/mol. The predicted molar refractivity (Wildman–Crippen MR) is 72.0 cm³/mol. The summed E-state index contributed by atoms with van der Waals surface area (Å²) in [7, 11) is 0. The highest BCUT2D eigenvalue weighted by Crippen LogP contribution is 2.31. The Morgan fingerprint density at radius 1 is 1.18 bits per heavy atom. The number of rotatable bonds is 1. The Morgan fingerprint density at radius 3 is 2.88 bits per heavy atom. The minimum atomic E-state index is 0.776. The van der Waals surface area contributed by atoms with Crippen LogP contribution in [-0.2, 0) is 0 Å². The highest BCUT2D eigenvalue weighted by molar-refractivity contribution is 7.21. The van der Waals surface area contributed by atoms with Gasteiger partial charge in [0.2, 0.25) is 0 Å². The van der Waals surface area contributed by atoms with Gasteiger partial charge in [-0.2, -0.15) is 0 Å². The van der Waals surface area contributed by atoms with E-state index in [4.69, 9.17) is 5.73 Å². The van der Waals surface area contributed by atoms with Gasteiger partial charge in [-0.15, -0.1) is 11.3 Å². The van der Waals surface area contributed by atoms with Crippen LogP contribution >= 0.6 is 11.3 Å². The van der Waals surface area contributed by atoms with E-state index in [1.54, 1.807) is 11.3 Å². The molecule has 1 aromatic carbocycles. The second kappa shape index (κ2) is 3.82. The number of aromatic nitrogens is 2. The van der Waals surface area contributed by atoms with Gasteiger partial charge in [0.25, 0.3) is 0 Å². The molecule has 0 fully saturated rings. The van der Waals surface area contributed by atoms with Gasteiger partial charge in [-0.05, 0) is 37.3 Å². The number of fused-ring (bicyclic) bond motifs is 1. The first kappa shape index (κ1) is 10.2. The number of pyridine rings is 1. The molecule has 4 heteroatoms. The van der Waals surface area contributed by atoms with Crippen LogP contribution in [0.2, 0.25) is 0 Å². The molecule has 0 bridgehead atoms. The zero-order valence-corrected chi connectivity index (χ0v) is 10.2. The van der Waals surface area contributed by atoms with Gasteiger partial charge < -0.3 is 5.73 Å². The lowest BCUT2D eigenvalue weighted by molar-refractivity contribution is 1.20. The first-order chi connectivity index (χ1) is 8.22. The third-order valence-corrected chi connectivity index (χ3v) is 3.62. The van der Waals surface area contributed by atoms with Gasteiger partial charge in [-0.25, -0.2) is 4.98 Å². The molecule has 0 aliphatic rings. The van der Waals surface area contributed by atoms with E-state index in [2.05, 4.69) is 9.97 Å². The number of nitrogens with zero attached hydrogens (tertiary/aromatic N) is 2. The molecule has 3 aromatic rings. The Bertz CT molecular complexity index is 688. The summed E-state index contributed by atoms with van der Waals surface area (Å²) in [4.78, 5) is 8.79. The number of benzene rings is 1. The number of anilines is 1. The van der Waals surface area contributed by atoms with Crippen LogP contribution in [0.5, 0.6) is 0 Å². The first-order valence-corrected chi connectivity index (χ1v) is 6.13. The van der Waals surface area contributed by atoms with Gasteiger partial charge >= 0.3 is 0 Å². The van der Waals surface area contributed by atoms with Crippen molar-refractivity contribution in [2.75, 3.05) is 5.73 Å². The van der Waals surface area contributed by atoms with Crippen LogP contribution in [0.1, 0.15) is 5.69 Å². The van der Waals surface area contributed by atoms with Gasteiger partial charge in [0.15, 0.2) is 0 Å². The van der Waals surface area contributed by atoms with Crippen molar-refractivity contribution in [1.82, 2.24) is 9.97 Å². The van der Waals surface area contributed by atoms with E-state index in [9.17, 15) is 0 Å². The fourth-order valence-corrected chi connectivity index (χ4v) is 2.75. The SMILES string of the molecule is Cc1cc(-c2nc3ccc(N)cc3s2)ccn1. The Morgan fingerprint density at radius 2 is 2.06 bits per heavy atom. The lowest BCUT2D eigenvalue weighted by Crippen LogP contribution is -1.82. The summed E-state index contributed by atoms with van der Waals surface area (Å²) in [5.74, 6) is 0. The summed E-state index contributed by atoms with van der Waals surface area (Å²) in [5, 5.41) is 1.01. The van der Waals surface area contributed by atoms with E-state index in [0.29, 0.717) is 0 Å². The van der Waals surface area contributed by atoms with Gasteiger partial charge in [-0.1, -0.05) is 0 Å². The lowest BCUT2D eigenvalue weighted by Gasteiger charge is -1.95. The normalized spacial score (nSPS) is 10.9. The summed E-state index contributed by atoms with van der Waals surface area (Å²) in [5.41, 5.74) is 9.65. The molecule has 2 aromatic heterocycles. The number of nitrogen functional groups attached to an aromatic ring is 1. The van der Waals surface area contributed by atoms with Crippen LogP contribution in [0.3, 0.4) is 0 Å². The van der Waals surface area contributed by atoms with Crippen LogP contribution in [0.4, 0.5) is 5.69 Å². The Balaban J connectivity index is 2.18. The van der Waals surface area contributed by atoms with Crippen LogP contribution in [0.15, 0.2) is 36.5 Å². The summed E-state index contributed by atoms with van der Waals surface area (Å²) in [6, 6.07) is 9.82.